The summed E-state index contributed by atoms with van der Waals surface area (Å²) in [5.41, 5.74) is 0.580. The van der Waals surface area contributed by atoms with Gasteiger partial charge in [-0.15, -0.1) is 0 Å². The molecule has 0 aromatic carbocycles. The molecule has 2 saturated heterocycles. The van der Waals surface area contributed by atoms with Crippen molar-refractivity contribution in [1.29, 1.82) is 0 Å². The Kier molecular flexibility index (Phi) is 5.84. The molecule has 1 N–H and O–H groups in total. The Labute approximate surface area is 117 Å². The van der Waals surface area contributed by atoms with E-state index in [0.29, 0.717) is 5.41 Å². The van der Waals surface area contributed by atoms with Gasteiger partial charge in [0.15, 0.2) is 0 Å². The number of nitrogens with one attached hydrogen (secondary N) is 1. The summed E-state index contributed by atoms with van der Waals surface area (Å²) in [6, 6.07) is 0. The third kappa shape index (κ3) is 5.10. The van der Waals surface area contributed by atoms with Gasteiger partial charge in [-0.1, -0.05) is 13.8 Å². The average molecular weight is 270 g/mol. The van der Waals surface area contributed by atoms with Gasteiger partial charge in [0.1, 0.15) is 0 Å². The van der Waals surface area contributed by atoms with Crippen molar-refractivity contribution in [1.82, 2.24) is 10.2 Å². The third-order valence-corrected chi connectivity index (χ3v) is 5.84. The highest BCUT2D eigenvalue weighted by Gasteiger charge is 2.23. The maximum Gasteiger partial charge on any atom is 0.00724 e. The Bertz CT molecular complexity index is 237. The molecule has 0 aromatic rings. The molecule has 2 heterocycles. The molecule has 106 valence electrons. The van der Waals surface area contributed by atoms with E-state index in [1.807, 2.05) is 0 Å². The van der Waals surface area contributed by atoms with Gasteiger partial charge in [-0.25, -0.2) is 0 Å². The van der Waals surface area contributed by atoms with Gasteiger partial charge < -0.3 is 10.2 Å². The Morgan fingerprint density at radius 1 is 1.17 bits per heavy atom. The smallest absolute Gasteiger partial charge is 0.00724 e. The van der Waals surface area contributed by atoms with Gasteiger partial charge in [0.05, 0.1) is 0 Å². The predicted molar refractivity (Wildman–Crippen MR) is 82.4 cm³/mol. The maximum atomic E-state index is 3.45. The number of rotatable bonds is 4. The molecule has 3 heteroatoms. The van der Waals surface area contributed by atoms with Crippen LogP contribution in [0, 0.1) is 5.41 Å². The van der Waals surface area contributed by atoms with Crippen LogP contribution in [0.3, 0.4) is 0 Å². The molecule has 0 atom stereocenters. The minimum absolute atomic E-state index is 0.580. The lowest BCUT2D eigenvalue weighted by molar-refractivity contribution is 0.274. The van der Waals surface area contributed by atoms with Crippen molar-refractivity contribution in [2.45, 2.75) is 51.2 Å². The summed E-state index contributed by atoms with van der Waals surface area (Å²) >= 11 is 2.22. The molecule has 2 fully saturated rings. The number of thioether (sulfide) groups is 1. The van der Waals surface area contributed by atoms with Crippen molar-refractivity contribution >= 4 is 11.8 Å². The first-order valence-electron chi connectivity index (χ1n) is 7.70. The molecule has 18 heavy (non-hydrogen) atoms. The summed E-state index contributed by atoms with van der Waals surface area (Å²) < 4.78 is 0. The second-order valence-electron chi connectivity index (χ2n) is 6.68. The van der Waals surface area contributed by atoms with Gasteiger partial charge in [-0.05, 0) is 63.7 Å². The Hall–Kier alpha value is 0.270. The molecule has 0 radical (unpaired) electrons. The van der Waals surface area contributed by atoms with E-state index in [9.17, 15) is 0 Å². The highest BCUT2D eigenvalue weighted by atomic mass is 32.2. The monoisotopic (exact) mass is 270 g/mol. The van der Waals surface area contributed by atoms with Gasteiger partial charge in [-0.2, -0.15) is 11.8 Å². The predicted octanol–water partition coefficient (Wildman–Crippen LogP) is 2.98. The lowest BCUT2D eigenvalue weighted by Crippen LogP contribution is -2.31. The van der Waals surface area contributed by atoms with Crippen LogP contribution in [-0.2, 0) is 0 Å². The van der Waals surface area contributed by atoms with E-state index in [4.69, 9.17) is 0 Å². The minimum atomic E-state index is 0.580. The van der Waals surface area contributed by atoms with Crippen LogP contribution in [-0.4, -0.2) is 48.6 Å². The molecule has 2 aliphatic heterocycles. The summed E-state index contributed by atoms with van der Waals surface area (Å²) in [4.78, 5) is 2.70. The molecular formula is C15H30N2S. The van der Waals surface area contributed by atoms with Gasteiger partial charge in [0.25, 0.3) is 0 Å². The average Bonchev–Trinajstić information content (AvgIpc) is 2.52. The fourth-order valence-corrected chi connectivity index (χ4v) is 4.28. The van der Waals surface area contributed by atoms with Crippen molar-refractivity contribution in [3.8, 4) is 0 Å². The molecule has 0 aliphatic carbocycles. The Balaban J connectivity index is 1.61. The molecule has 0 saturated carbocycles. The quantitative estimate of drug-likeness (QED) is 0.845. The zero-order chi connectivity index (χ0) is 12.8. The van der Waals surface area contributed by atoms with E-state index >= 15 is 0 Å². The van der Waals surface area contributed by atoms with Gasteiger partial charge in [-0.3, -0.25) is 0 Å². The van der Waals surface area contributed by atoms with Crippen LogP contribution in [0.4, 0.5) is 0 Å². The van der Waals surface area contributed by atoms with Gasteiger partial charge >= 0.3 is 0 Å². The molecule has 2 nitrogen and oxygen atoms in total. The molecule has 2 rings (SSSR count). The normalized spacial score (nSPS) is 27.0. The molecule has 0 aromatic heterocycles. The first-order chi connectivity index (χ1) is 8.66. The number of likely N-dealkylation sites (tertiary alicyclic amines) is 1. The van der Waals surface area contributed by atoms with Gasteiger partial charge in [0.2, 0.25) is 0 Å². The summed E-state index contributed by atoms with van der Waals surface area (Å²) in [5.74, 6) is 1.34. The SMILES string of the molecule is CC1(C)CCCN(CCSC2CCNCC2)CC1. The summed E-state index contributed by atoms with van der Waals surface area (Å²) in [5, 5.41) is 4.37. The molecular weight excluding hydrogens is 240 g/mol. The van der Waals surface area contributed by atoms with Crippen LogP contribution >= 0.6 is 11.8 Å². The van der Waals surface area contributed by atoms with E-state index in [1.54, 1.807) is 0 Å². The highest BCUT2D eigenvalue weighted by molar-refractivity contribution is 7.99. The second-order valence-corrected chi connectivity index (χ2v) is 8.09. The molecule has 0 amide bonds. The first-order valence-corrected chi connectivity index (χ1v) is 8.75. The van der Waals surface area contributed by atoms with E-state index < -0.39 is 0 Å². The van der Waals surface area contributed by atoms with E-state index in [0.717, 1.165) is 5.25 Å². The number of hydrogen-bond acceptors (Lipinski definition) is 3. The molecule has 0 bridgehead atoms. The van der Waals surface area contributed by atoms with Crippen molar-refractivity contribution in [3.63, 3.8) is 0 Å². The number of hydrogen-bond donors (Lipinski definition) is 1. The van der Waals surface area contributed by atoms with E-state index in [-0.39, 0.29) is 0 Å². The van der Waals surface area contributed by atoms with E-state index in [1.165, 1.54) is 70.6 Å². The third-order valence-electron chi connectivity index (χ3n) is 4.48. The van der Waals surface area contributed by atoms with Crippen molar-refractivity contribution < 1.29 is 0 Å². The lowest BCUT2D eigenvalue weighted by atomic mass is 9.85. The summed E-state index contributed by atoms with van der Waals surface area (Å²) in [6.07, 6.45) is 6.93. The topological polar surface area (TPSA) is 15.3 Å². The zero-order valence-electron chi connectivity index (χ0n) is 12.2. The fraction of sp³-hybridized carbons (Fsp3) is 1.00. The summed E-state index contributed by atoms with van der Waals surface area (Å²) in [6.45, 7) is 11.3. The highest BCUT2D eigenvalue weighted by Crippen LogP contribution is 2.30. The van der Waals surface area contributed by atoms with Gasteiger partial charge in [0, 0.05) is 17.5 Å². The van der Waals surface area contributed by atoms with Crippen LogP contribution in [0.5, 0.6) is 0 Å². The fourth-order valence-electron chi connectivity index (χ4n) is 3.01. The lowest BCUT2D eigenvalue weighted by Gasteiger charge is -2.25. The van der Waals surface area contributed by atoms with E-state index in [2.05, 4.69) is 35.8 Å². The maximum absolute atomic E-state index is 3.45. The molecule has 0 unspecified atom stereocenters. The second kappa shape index (κ2) is 7.16. The van der Waals surface area contributed by atoms with Crippen molar-refractivity contribution in [2.24, 2.45) is 5.41 Å². The Morgan fingerprint density at radius 2 is 1.94 bits per heavy atom. The first kappa shape index (κ1) is 14.7. The van der Waals surface area contributed by atoms with Crippen molar-refractivity contribution in [3.05, 3.63) is 0 Å². The van der Waals surface area contributed by atoms with Crippen LogP contribution in [0.1, 0.15) is 46.0 Å². The van der Waals surface area contributed by atoms with Crippen molar-refractivity contribution in [2.75, 3.05) is 38.5 Å². The largest absolute Gasteiger partial charge is 0.317 e. The molecule has 0 spiro atoms. The number of nitrogens with zero attached hydrogens (tertiary/aromatic N) is 1. The van der Waals surface area contributed by atoms with Crippen LogP contribution in [0.2, 0.25) is 0 Å². The minimum Gasteiger partial charge on any atom is -0.317 e. The van der Waals surface area contributed by atoms with Crippen LogP contribution in [0.25, 0.3) is 0 Å². The number of piperidine rings is 1. The zero-order valence-corrected chi connectivity index (χ0v) is 13.0. The molecule has 2 aliphatic rings. The van der Waals surface area contributed by atoms with Crippen LogP contribution < -0.4 is 5.32 Å². The summed E-state index contributed by atoms with van der Waals surface area (Å²) in [7, 11) is 0. The standard InChI is InChI=1S/C15H30N2S/c1-15(2)6-3-10-17(11-7-15)12-13-18-14-4-8-16-9-5-14/h14,16H,3-13H2,1-2H3. The Morgan fingerprint density at radius 3 is 2.72 bits per heavy atom. The van der Waals surface area contributed by atoms with Crippen LogP contribution in [0.15, 0.2) is 0 Å².